The van der Waals surface area contributed by atoms with Crippen LogP contribution >= 0.6 is 11.6 Å². The smallest absolute Gasteiger partial charge is 0.251 e. The number of carbonyl (C=O) groups is 2. The van der Waals surface area contributed by atoms with E-state index in [0.29, 0.717) is 29.4 Å². The zero-order valence-corrected chi connectivity index (χ0v) is 15.3. The van der Waals surface area contributed by atoms with Crippen LogP contribution in [0.25, 0.3) is 0 Å². The van der Waals surface area contributed by atoms with E-state index in [4.69, 9.17) is 16.3 Å². The average Bonchev–Trinajstić information content (AvgIpc) is 2.65. The van der Waals surface area contributed by atoms with E-state index in [-0.39, 0.29) is 18.4 Å². The summed E-state index contributed by atoms with van der Waals surface area (Å²) in [6.45, 7) is 1.24. The molecule has 6 nitrogen and oxygen atoms in total. The predicted molar refractivity (Wildman–Crippen MR) is 104 cm³/mol. The Bertz CT molecular complexity index is 735. The second-order valence-corrected chi connectivity index (χ2v) is 6.03. The standard InChI is InChI=1S/C19H22ClN3O3/c1-26-11-3-10-21-19(25)14-4-2-5-17(12-14)23-18(24)13-22-16-8-6-15(20)7-9-16/h2,4-9,12,22H,3,10-11,13H2,1H3,(H,21,25)(H,23,24). The number of nitrogens with one attached hydrogen (secondary N) is 3. The maximum atomic E-state index is 12.1. The Morgan fingerprint density at radius 2 is 1.85 bits per heavy atom. The van der Waals surface area contributed by atoms with Gasteiger partial charge in [0.05, 0.1) is 6.54 Å². The first-order valence-corrected chi connectivity index (χ1v) is 8.63. The van der Waals surface area contributed by atoms with E-state index < -0.39 is 0 Å². The highest BCUT2D eigenvalue weighted by molar-refractivity contribution is 6.30. The van der Waals surface area contributed by atoms with Crippen molar-refractivity contribution in [1.29, 1.82) is 0 Å². The third kappa shape index (κ3) is 6.74. The van der Waals surface area contributed by atoms with Crippen LogP contribution < -0.4 is 16.0 Å². The van der Waals surface area contributed by atoms with Crippen LogP contribution in [0.2, 0.25) is 5.02 Å². The minimum atomic E-state index is -0.211. The van der Waals surface area contributed by atoms with E-state index in [0.717, 1.165) is 12.1 Å². The number of methoxy groups -OCH3 is 1. The van der Waals surface area contributed by atoms with Crippen LogP contribution in [0, 0.1) is 0 Å². The summed E-state index contributed by atoms with van der Waals surface area (Å²) in [5.41, 5.74) is 1.86. The van der Waals surface area contributed by atoms with Gasteiger partial charge in [-0.15, -0.1) is 0 Å². The number of ether oxygens (including phenoxy) is 1. The third-order valence-electron chi connectivity index (χ3n) is 3.52. The van der Waals surface area contributed by atoms with Crippen LogP contribution in [-0.4, -0.2) is 38.6 Å². The number of amides is 2. The van der Waals surface area contributed by atoms with E-state index in [1.807, 2.05) is 0 Å². The summed E-state index contributed by atoms with van der Waals surface area (Å²) in [7, 11) is 1.62. The first-order chi connectivity index (χ1) is 12.6. The first kappa shape index (κ1) is 19.8. The summed E-state index contributed by atoms with van der Waals surface area (Å²) >= 11 is 5.82. The second kappa shape index (κ2) is 10.4. The maximum absolute atomic E-state index is 12.1. The van der Waals surface area contributed by atoms with Gasteiger partial charge in [0.15, 0.2) is 0 Å². The Morgan fingerprint density at radius 1 is 1.08 bits per heavy atom. The summed E-state index contributed by atoms with van der Waals surface area (Å²) in [6.07, 6.45) is 0.745. The highest BCUT2D eigenvalue weighted by Gasteiger charge is 2.07. The molecular weight excluding hydrogens is 354 g/mol. The number of halogens is 1. The van der Waals surface area contributed by atoms with Crippen molar-refractivity contribution in [3.63, 3.8) is 0 Å². The molecule has 0 aliphatic carbocycles. The normalized spacial score (nSPS) is 10.2. The minimum Gasteiger partial charge on any atom is -0.385 e. The van der Waals surface area contributed by atoms with Gasteiger partial charge in [0.2, 0.25) is 5.91 Å². The Balaban J connectivity index is 1.83. The zero-order valence-electron chi connectivity index (χ0n) is 14.5. The van der Waals surface area contributed by atoms with E-state index >= 15 is 0 Å². The molecule has 0 aromatic heterocycles. The van der Waals surface area contributed by atoms with Crippen LogP contribution in [0.3, 0.4) is 0 Å². The second-order valence-electron chi connectivity index (χ2n) is 5.59. The van der Waals surface area contributed by atoms with Crippen LogP contribution in [0.1, 0.15) is 16.8 Å². The average molecular weight is 376 g/mol. The number of anilines is 2. The minimum absolute atomic E-state index is 0.106. The topological polar surface area (TPSA) is 79.5 Å². The molecule has 0 unspecified atom stereocenters. The van der Waals surface area contributed by atoms with Crippen molar-refractivity contribution >= 4 is 34.8 Å². The van der Waals surface area contributed by atoms with E-state index in [1.165, 1.54) is 0 Å². The molecule has 0 atom stereocenters. The molecule has 2 rings (SSSR count). The largest absolute Gasteiger partial charge is 0.385 e. The van der Waals surface area contributed by atoms with Gasteiger partial charge in [-0.05, 0) is 48.9 Å². The number of rotatable bonds is 9. The van der Waals surface area contributed by atoms with Gasteiger partial charge in [-0.3, -0.25) is 9.59 Å². The van der Waals surface area contributed by atoms with Crippen molar-refractivity contribution in [2.24, 2.45) is 0 Å². The van der Waals surface area contributed by atoms with Gasteiger partial charge in [-0.2, -0.15) is 0 Å². The lowest BCUT2D eigenvalue weighted by Crippen LogP contribution is -2.25. The molecule has 0 saturated heterocycles. The van der Waals surface area contributed by atoms with Crippen LogP contribution in [0.5, 0.6) is 0 Å². The van der Waals surface area contributed by atoms with Crippen molar-refractivity contribution in [1.82, 2.24) is 5.32 Å². The highest BCUT2D eigenvalue weighted by Crippen LogP contribution is 2.14. The van der Waals surface area contributed by atoms with Crippen molar-refractivity contribution in [2.45, 2.75) is 6.42 Å². The van der Waals surface area contributed by atoms with Crippen molar-refractivity contribution in [2.75, 3.05) is 37.4 Å². The number of hydrogen-bond acceptors (Lipinski definition) is 4. The molecule has 2 amide bonds. The summed E-state index contributed by atoms with van der Waals surface area (Å²) < 4.78 is 4.94. The van der Waals surface area contributed by atoms with Crippen LogP contribution in [0.4, 0.5) is 11.4 Å². The third-order valence-corrected chi connectivity index (χ3v) is 3.77. The molecular formula is C19H22ClN3O3. The summed E-state index contributed by atoms with van der Waals surface area (Å²) in [6, 6.07) is 13.9. The molecule has 2 aromatic carbocycles. The SMILES string of the molecule is COCCCNC(=O)c1cccc(NC(=O)CNc2ccc(Cl)cc2)c1. The molecule has 0 radical (unpaired) electrons. The molecule has 0 heterocycles. The molecule has 0 bridgehead atoms. The lowest BCUT2D eigenvalue weighted by molar-refractivity contribution is -0.114. The molecule has 0 aliphatic rings. The van der Waals surface area contributed by atoms with Gasteiger partial charge < -0.3 is 20.7 Å². The van der Waals surface area contributed by atoms with Gasteiger partial charge in [-0.25, -0.2) is 0 Å². The molecule has 0 saturated carbocycles. The van der Waals surface area contributed by atoms with Crippen molar-refractivity contribution in [3.05, 3.63) is 59.1 Å². The fraction of sp³-hybridized carbons (Fsp3) is 0.263. The number of benzene rings is 2. The van der Waals surface area contributed by atoms with E-state index in [2.05, 4.69) is 16.0 Å². The van der Waals surface area contributed by atoms with Gasteiger partial charge in [0.1, 0.15) is 0 Å². The maximum Gasteiger partial charge on any atom is 0.251 e. The van der Waals surface area contributed by atoms with Crippen molar-refractivity contribution < 1.29 is 14.3 Å². The van der Waals surface area contributed by atoms with Crippen LogP contribution in [0.15, 0.2) is 48.5 Å². The molecule has 26 heavy (non-hydrogen) atoms. The monoisotopic (exact) mass is 375 g/mol. The van der Waals surface area contributed by atoms with E-state index in [9.17, 15) is 9.59 Å². The Morgan fingerprint density at radius 3 is 2.58 bits per heavy atom. The number of hydrogen-bond donors (Lipinski definition) is 3. The molecule has 138 valence electrons. The zero-order chi connectivity index (χ0) is 18.8. The lowest BCUT2D eigenvalue weighted by Gasteiger charge is -2.10. The van der Waals surface area contributed by atoms with E-state index in [1.54, 1.807) is 55.6 Å². The molecule has 0 spiro atoms. The fourth-order valence-corrected chi connectivity index (χ4v) is 2.34. The Hall–Kier alpha value is -2.57. The quantitative estimate of drug-likeness (QED) is 0.588. The fourth-order valence-electron chi connectivity index (χ4n) is 2.21. The number of carbonyl (C=O) groups excluding carboxylic acids is 2. The lowest BCUT2D eigenvalue weighted by atomic mass is 10.2. The van der Waals surface area contributed by atoms with Gasteiger partial charge in [-0.1, -0.05) is 17.7 Å². The summed E-state index contributed by atoms with van der Waals surface area (Å²) in [4.78, 5) is 24.2. The molecule has 7 heteroatoms. The molecule has 0 fully saturated rings. The van der Waals surface area contributed by atoms with Gasteiger partial charge in [0.25, 0.3) is 5.91 Å². The first-order valence-electron chi connectivity index (χ1n) is 8.25. The van der Waals surface area contributed by atoms with Gasteiger partial charge >= 0.3 is 0 Å². The summed E-state index contributed by atoms with van der Waals surface area (Å²) in [5.74, 6) is -0.394. The highest BCUT2D eigenvalue weighted by atomic mass is 35.5. The Kier molecular flexibility index (Phi) is 7.92. The van der Waals surface area contributed by atoms with Gasteiger partial charge in [0, 0.05) is 42.2 Å². The Labute approximate surface area is 157 Å². The molecule has 0 aliphatic heterocycles. The van der Waals surface area contributed by atoms with Crippen molar-refractivity contribution in [3.8, 4) is 0 Å². The predicted octanol–water partition coefficient (Wildman–Crippen LogP) is 3.16. The molecule has 2 aromatic rings. The summed E-state index contributed by atoms with van der Waals surface area (Å²) in [5, 5.41) is 9.22. The molecule has 3 N–H and O–H groups in total. The van der Waals surface area contributed by atoms with Crippen LogP contribution in [-0.2, 0) is 9.53 Å².